The minimum Gasteiger partial charge on any atom is -0.497 e. The van der Waals surface area contributed by atoms with Crippen LogP contribution in [0.5, 0.6) is 11.5 Å². The lowest BCUT2D eigenvalue weighted by molar-refractivity contribution is -0.124. The van der Waals surface area contributed by atoms with Crippen molar-refractivity contribution < 1.29 is 27.8 Å². The number of ether oxygens (including phenoxy) is 3. The summed E-state index contributed by atoms with van der Waals surface area (Å²) >= 11 is 0. The number of methoxy groups -OCH3 is 1. The van der Waals surface area contributed by atoms with Gasteiger partial charge in [-0.1, -0.05) is 0 Å². The molecule has 1 amide bonds. The zero-order valence-electron chi connectivity index (χ0n) is 13.5. The number of benzene rings is 1. The van der Waals surface area contributed by atoms with Crippen LogP contribution < -0.4 is 20.5 Å². The van der Waals surface area contributed by atoms with Gasteiger partial charge in [0.25, 0.3) is 0 Å². The lowest BCUT2D eigenvalue weighted by Crippen LogP contribution is -2.46. The van der Waals surface area contributed by atoms with Gasteiger partial charge in [-0.15, -0.1) is 0 Å². The molecule has 1 fully saturated rings. The molecule has 0 aromatic heterocycles. The maximum atomic E-state index is 12.5. The Balaban J connectivity index is 1.99. The van der Waals surface area contributed by atoms with E-state index in [1.54, 1.807) is 0 Å². The fourth-order valence-electron chi connectivity index (χ4n) is 2.62. The van der Waals surface area contributed by atoms with Crippen molar-refractivity contribution in [1.29, 1.82) is 0 Å². The van der Waals surface area contributed by atoms with Crippen LogP contribution >= 0.6 is 0 Å². The van der Waals surface area contributed by atoms with Crippen molar-refractivity contribution in [2.75, 3.05) is 20.3 Å². The van der Waals surface area contributed by atoms with Crippen molar-refractivity contribution in [3.63, 3.8) is 0 Å². The van der Waals surface area contributed by atoms with Crippen LogP contribution in [0.15, 0.2) is 18.2 Å². The monoisotopic (exact) mass is 344 g/mol. The van der Waals surface area contributed by atoms with Gasteiger partial charge < -0.3 is 25.3 Å². The van der Waals surface area contributed by atoms with Crippen LogP contribution in [0.4, 0.5) is 8.78 Å². The molecule has 3 N–H and O–H groups in total. The van der Waals surface area contributed by atoms with Gasteiger partial charge >= 0.3 is 6.61 Å². The second kappa shape index (κ2) is 8.79. The molecule has 1 heterocycles. The van der Waals surface area contributed by atoms with Crippen LogP contribution in [-0.4, -0.2) is 38.9 Å². The van der Waals surface area contributed by atoms with Crippen molar-refractivity contribution in [1.82, 2.24) is 5.32 Å². The molecule has 0 bridgehead atoms. The van der Waals surface area contributed by atoms with Crippen LogP contribution in [0.3, 0.4) is 0 Å². The van der Waals surface area contributed by atoms with Crippen molar-refractivity contribution in [3.05, 3.63) is 23.8 Å². The normalized spacial score (nSPS) is 16.7. The number of halogens is 2. The summed E-state index contributed by atoms with van der Waals surface area (Å²) in [5.74, 6) is 0.203. The third-order valence-corrected chi connectivity index (χ3v) is 4.01. The SMILES string of the molecule is COc1ccc(OC(F)F)c(CNC(=O)C(N)C2CCOCC2)c1. The largest absolute Gasteiger partial charge is 0.497 e. The quantitative estimate of drug-likeness (QED) is 0.786. The number of alkyl halides is 2. The summed E-state index contributed by atoms with van der Waals surface area (Å²) in [5.41, 5.74) is 6.38. The number of hydrogen-bond acceptors (Lipinski definition) is 5. The molecule has 0 radical (unpaired) electrons. The Labute approximate surface area is 139 Å². The molecule has 24 heavy (non-hydrogen) atoms. The first-order valence-electron chi connectivity index (χ1n) is 7.74. The number of carbonyl (C=O) groups excluding carboxylic acids is 1. The molecule has 2 rings (SSSR count). The van der Waals surface area contributed by atoms with Gasteiger partial charge in [0.2, 0.25) is 5.91 Å². The zero-order chi connectivity index (χ0) is 17.5. The fourth-order valence-corrected chi connectivity index (χ4v) is 2.62. The second-order valence-electron chi connectivity index (χ2n) is 5.55. The minimum absolute atomic E-state index is 0.00858. The highest BCUT2D eigenvalue weighted by atomic mass is 19.3. The summed E-state index contributed by atoms with van der Waals surface area (Å²) in [5, 5.41) is 2.68. The van der Waals surface area contributed by atoms with Gasteiger partial charge in [0, 0.05) is 25.3 Å². The van der Waals surface area contributed by atoms with E-state index in [0.29, 0.717) is 24.5 Å². The maximum absolute atomic E-state index is 12.5. The molecule has 0 saturated carbocycles. The number of nitrogens with two attached hydrogens (primary N) is 1. The molecule has 1 unspecified atom stereocenters. The highest BCUT2D eigenvalue weighted by Gasteiger charge is 2.26. The van der Waals surface area contributed by atoms with Gasteiger partial charge in [-0.25, -0.2) is 0 Å². The lowest BCUT2D eigenvalue weighted by Gasteiger charge is -2.26. The van der Waals surface area contributed by atoms with Crippen LogP contribution in [0, 0.1) is 5.92 Å². The summed E-state index contributed by atoms with van der Waals surface area (Å²) in [6.07, 6.45) is 1.46. The molecule has 1 aromatic rings. The van der Waals surface area contributed by atoms with E-state index in [0.717, 1.165) is 12.8 Å². The predicted octanol–water partition coefficient (Wildman–Crippen LogP) is 1.67. The fraction of sp³-hybridized carbons (Fsp3) is 0.562. The van der Waals surface area contributed by atoms with E-state index in [1.807, 2.05) is 0 Å². The molecule has 1 aliphatic rings. The predicted molar refractivity (Wildman–Crippen MR) is 83.0 cm³/mol. The number of hydrogen-bond donors (Lipinski definition) is 2. The van der Waals surface area contributed by atoms with E-state index in [4.69, 9.17) is 15.2 Å². The maximum Gasteiger partial charge on any atom is 0.387 e. The Morgan fingerprint density at radius 2 is 2.12 bits per heavy atom. The first kappa shape index (κ1) is 18.4. The third-order valence-electron chi connectivity index (χ3n) is 4.01. The Hall–Kier alpha value is -1.93. The molecular formula is C16H22F2N2O4. The first-order chi connectivity index (χ1) is 11.5. The molecule has 0 spiro atoms. The van der Waals surface area contributed by atoms with Crippen LogP contribution in [-0.2, 0) is 16.1 Å². The van der Waals surface area contributed by atoms with Crippen molar-refractivity contribution in [2.45, 2.75) is 32.0 Å². The Bertz CT molecular complexity index is 551. The molecule has 6 nitrogen and oxygen atoms in total. The van der Waals surface area contributed by atoms with Gasteiger partial charge in [-0.2, -0.15) is 8.78 Å². The van der Waals surface area contributed by atoms with E-state index in [9.17, 15) is 13.6 Å². The molecule has 0 aliphatic carbocycles. The second-order valence-corrected chi connectivity index (χ2v) is 5.55. The first-order valence-corrected chi connectivity index (χ1v) is 7.74. The van der Waals surface area contributed by atoms with E-state index in [1.165, 1.54) is 25.3 Å². The average Bonchev–Trinajstić information content (AvgIpc) is 2.60. The van der Waals surface area contributed by atoms with E-state index in [-0.39, 0.29) is 24.1 Å². The van der Waals surface area contributed by atoms with Crippen molar-refractivity contribution >= 4 is 5.91 Å². The highest BCUT2D eigenvalue weighted by Crippen LogP contribution is 2.26. The molecule has 1 saturated heterocycles. The van der Waals surface area contributed by atoms with Crippen LogP contribution in [0.25, 0.3) is 0 Å². The molecule has 134 valence electrons. The minimum atomic E-state index is -2.95. The topological polar surface area (TPSA) is 82.8 Å². The Kier molecular flexibility index (Phi) is 6.74. The third kappa shape index (κ3) is 5.04. The van der Waals surface area contributed by atoms with E-state index < -0.39 is 12.7 Å². The van der Waals surface area contributed by atoms with Crippen molar-refractivity contribution in [2.24, 2.45) is 11.7 Å². The number of amides is 1. The summed E-state index contributed by atoms with van der Waals surface area (Å²) in [7, 11) is 1.46. The van der Waals surface area contributed by atoms with Gasteiger partial charge in [0.1, 0.15) is 11.5 Å². The summed E-state index contributed by atoms with van der Waals surface area (Å²) in [6.45, 7) is -1.74. The van der Waals surface area contributed by atoms with E-state index in [2.05, 4.69) is 10.1 Å². The van der Waals surface area contributed by atoms with Gasteiger partial charge in [-0.3, -0.25) is 4.79 Å². The number of carbonyl (C=O) groups is 1. The number of nitrogens with one attached hydrogen (secondary N) is 1. The highest BCUT2D eigenvalue weighted by molar-refractivity contribution is 5.81. The van der Waals surface area contributed by atoms with Gasteiger partial charge in [0.05, 0.1) is 13.2 Å². The number of rotatable bonds is 7. The van der Waals surface area contributed by atoms with Gasteiger partial charge in [-0.05, 0) is 37.0 Å². The van der Waals surface area contributed by atoms with E-state index >= 15 is 0 Å². The standard InChI is InChI=1S/C16H22F2N2O4/c1-22-12-2-3-13(24-16(17)18)11(8-12)9-20-15(21)14(19)10-4-6-23-7-5-10/h2-3,8,10,14,16H,4-7,9,19H2,1H3,(H,20,21). The summed E-state index contributed by atoms with van der Waals surface area (Å²) < 4.78 is 39.7. The van der Waals surface area contributed by atoms with Crippen molar-refractivity contribution in [3.8, 4) is 11.5 Å². The average molecular weight is 344 g/mol. The zero-order valence-corrected chi connectivity index (χ0v) is 13.5. The molecule has 8 heteroatoms. The molecular weight excluding hydrogens is 322 g/mol. The Morgan fingerprint density at radius 3 is 2.75 bits per heavy atom. The van der Waals surface area contributed by atoms with Crippen LogP contribution in [0.1, 0.15) is 18.4 Å². The molecule has 1 aromatic carbocycles. The summed E-state index contributed by atoms with van der Waals surface area (Å²) in [6, 6.07) is 3.78. The summed E-state index contributed by atoms with van der Waals surface area (Å²) in [4.78, 5) is 12.2. The molecule has 1 aliphatic heterocycles. The Morgan fingerprint density at radius 1 is 1.42 bits per heavy atom. The lowest BCUT2D eigenvalue weighted by atomic mass is 9.92. The van der Waals surface area contributed by atoms with Crippen LogP contribution in [0.2, 0.25) is 0 Å². The smallest absolute Gasteiger partial charge is 0.387 e. The van der Waals surface area contributed by atoms with Gasteiger partial charge in [0.15, 0.2) is 0 Å². The molecule has 1 atom stereocenters.